The number of amides is 3. The minimum atomic E-state index is -0.123. The van der Waals surface area contributed by atoms with Crippen LogP contribution in [0.5, 0.6) is 0 Å². The van der Waals surface area contributed by atoms with Gasteiger partial charge in [-0.1, -0.05) is 0 Å². The minimum absolute atomic E-state index is 0.00699. The third-order valence-corrected chi connectivity index (χ3v) is 4.22. The van der Waals surface area contributed by atoms with Crippen molar-refractivity contribution >= 4 is 11.9 Å². The summed E-state index contributed by atoms with van der Waals surface area (Å²) in [6.45, 7) is 6.46. The number of carbonyl (C=O) groups is 2. The van der Waals surface area contributed by atoms with E-state index in [0.717, 1.165) is 0 Å². The molecule has 8 heteroatoms. The van der Waals surface area contributed by atoms with Gasteiger partial charge in [-0.3, -0.25) is 4.79 Å². The molecule has 134 valence electrons. The third-order valence-electron chi connectivity index (χ3n) is 4.22. The molecular formula is C17H23N5O3. The normalized spacial score (nSPS) is 15.9. The Labute approximate surface area is 146 Å². The number of nitrogens with one attached hydrogen (secondary N) is 1. The molecule has 0 unspecified atom stereocenters. The number of hydrogen-bond acceptors (Lipinski definition) is 4. The number of imidazole rings is 1. The van der Waals surface area contributed by atoms with Crippen LogP contribution in [0.15, 0.2) is 35.3 Å². The van der Waals surface area contributed by atoms with Gasteiger partial charge >= 0.3 is 6.03 Å². The highest BCUT2D eigenvalue weighted by molar-refractivity contribution is 5.91. The van der Waals surface area contributed by atoms with Crippen LogP contribution in [0.25, 0.3) is 0 Å². The number of hydrogen-bond donors (Lipinski definition) is 1. The summed E-state index contributed by atoms with van der Waals surface area (Å²) in [5, 5.41) is 2.98. The van der Waals surface area contributed by atoms with Crippen LogP contribution in [0.2, 0.25) is 0 Å². The molecule has 0 saturated carbocycles. The zero-order valence-corrected chi connectivity index (χ0v) is 14.5. The third kappa shape index (κ3) is 4.20. The number of piperazine rings is 1. The summed E-state index contributed by atoms with van der Waals surface area (Å²) in [5.74, 6) is 0.944. The Morgan fingerprint density at radius 1 is 1.24 bits per heavy atom. The van der Waals surface area contributed by atoms with Gasteiger partial charge in [0.2, 0.25) is 0 Å². The Morgan fingerprint density at radius 2 is 1.96 bits per heavy atom. The van der Waals surface area contributed by atoms with E-state index in [1.54, 1.807) is 34.5 Å². The van der Waals surface area contributed by atoms with Crippen LogP contribution in [0.3, 0.4) is 0 Å². The maximum atomic E-state index is 12.4. The van der Waals surface area contributed by atoms with Crippen molar-refractivity contribution in [3.8, 4) is 0 Å². The lowest BCUT2D eigenvalue weighted by atomic mass is 10.3. The second-order valence-electron chi connectivity index (χ2n) is 6.30. The van der Waals surface area contributed by atoms with Gasteiger partial charge in [0.05, 0.1) is 6.33 Å². The van der Waals surface area contributed by atoms with Crippen molar-refractivity contribution < 1.29 is 14.0 Å². The van der Waals surface area contributed by atoms with Crippen molar-refractivity contribution in [1.29, 1.82) is 0 Å². The van der Waals surface area contributed by atoms with E-state index >= 15 is 0 Å². The first-order valence-electron chi connectivity index (χ1n) is 8.40. The Morgan fingerprint density at radius 3 is 2.56 bits per heavy atom. The lowest BCUT2D eigenvalue weighted by Gasteiger charge is -2.35. The molecule has 0 aliphatic carbocycles. The maximum Gasteiger partial charge on any atom is 0.317 e. The summed E-state index contributed by atoms with van der Waals surface area (Å²) >= 11 is 0. The molecule has 1 aliphatic heterocycles. The lowest BCUT2D eigenvalue weighted by Crippen LogP contribution is -2.54. The molecule has 1 atom stereocenters. The standard InChI is InChI=1S/C17H23N5O3/c1-13(11-20-6-5-18-12-20)19-17(24)22-9-7-21(8-10-22)16(23)15-4-3-14(2)25-15/h3-6,12-13H,7-11H2,1-2H3,(H,19,24)/t13-/m1/s1. The fraction of sp³-hybridized carbons (Fsp3) is 0.471. The molecule has 0 spiro atoms. The molecule has 0 aromatic carbocycles. The highest BCUT2D eigenvalue weighted by Crippen LogP contribution is 2.12. The smallest absolute Gasteiger partial charge is 0.317 e. The Bertz CT molecular complexity index is 716. The molecule has 3 rings (SSSR count). The first-order chi connectivity index (χ1) is 12.0. The van der Waals surface area contributed by atoms with E-state index in [1.165, 1.54) is 0 Å². The molecular weight excluding hydrogens is 322 g/mol. The molecule has 1 aliphatic rings. The summed E-state index contributed by atoms with van der Waals surface area (Å²) in [6.07, 6.45) is 5.30. The summed E-state index contributed by atoms with van der Waals surface area (Å²) < 4.78 is 7.31. The van der Waals surface area contributed by atoms with Crippen LogP contribution in [0.4, 0.5) is 4.79 Å². The van der Waals surface area contributed by atoms with Gasteiger partial charge in [0, 0.05) is 51.2 Å². The van der Waals surface area contributed by atoms with Crippen molar-refractivity contribution in [3.63, 3.8) is 0 Å². The van der Waals surface area contributed by atoms with Gasteiger partial charge in [0.15, 0.2) is 5.76 Å². The van der Waals surface area contributed by atoms with Gasteiger partial charge in [0.1, 0.15) is 5.76 Å². The highest BCUT2D eigenvalue weighted by Gasteiger charge is 2.26. The molecule has 0 radical (unpaired) electrons. The lowest BCUT2D eigenvalue weighted by molar-refractivity contribution is 0.0631. The zero-order chi connectivity index (χ0) is 17.8. The average Bonchev–Trinajstić information content (AvgIpc) is 3.26. The summed E-state index contributed by atoms with van der Waals surface area (Å²) in [4.78, 5) is 32.2. The second kappa shape index (κ2) is 7.42. The van der Waals surface area contributed by atoms with Crippen molar-refractivity contribution in [2.24, 2.45) is 0 Å². The first-order valence-corrected chi connectivity index (χ1v) is 8.40. The largest absolute Gasteiger partial charge is 0.456 e. The maximum absolute atomic E-state index is 12.4. The van der Waals surface area contributed by atoms with Gasteiger partial charge in [-0.05, 0) is 26.0 Å². The monoisotopic (exact) mass is 345 g/mol. The van der Waals surface area contributed by atoms with Crippen LogP contribution in [-0.4, -0.2) is 63.5 Å². The van der Waals surface area contributed by atoms with Gasteiger partial charge in [-0.15, -0.1) is 0 Å². The van der Waals surface area contributed by atoms with Gasteiger partial charge in [-0.25, -0.2) is 9.78 Å². The number of aryl methyl sites for hydroxylation is 1. The molecule has 25 heavy (non-hydrogen) atoms. The number of nitrogens with zero attached hydrogens (tertiary/aromatic N) is 4. The van der Waals surface area contributed by atoms with Gasteiger partial charge in [-0.2, -0.15) is 0 Å². The topological polar surface area (TPSA) is 83.6 Å². The van der Waals surface area contributed by atoms with Gasteiger partial charge < -0.3 is 24.1 Å². The molecule has 3 heterocycles. The van der Waals surface area contributed by atoms with E-state index in [9.17, 15) is 9.59 Å². The molecule has 2 aromatic heterocycles. The molecule has 1 saturated heterocycles. The molecule has 2 aromatic rings. The Hall–Kier alpha value is -2.77. The number of carbonyl (C=O) groups excluding carboxylic acids is 2. The summed E-state index contributed by atoms with van der Waals surface area (Å²) in [7, 11) is 0. The number of rotatable bonds is 4. The average molecular weight is 345 g/mol. The van der Waals surface area contributed by atoms with E-state index in [0.29, 0.717) is 44.2 Å². The predicted octanol–water partition coefficient (Wildman–Crippen LogP) is 1.34. The van der Waals surface area contributed by atoms with Crippen molar-refractivity contribution in [1.82, 2.24) is 24.7 Å². The van der Waals surface area contributed by atoms with E-state index in [1.807, 2.05) is 24.6 Å². The van der Waals surface area contributed by atoms with E-state index < -0.39 is 0 Å². The molecule has 1 fully saturated rings. The Kier molecular flexibility index (Phi) is 5.06. The van der Waals surface area contributed by atoms with Crippen LogP contribution < -0.4 is 5.32 Å². The van der Waals surface area contributed by atoms with Crippen LogP contribution in [0.1, 0.15) is 23.2 Å². The quantitative estimate of drug-likeness (QED) is 0.906. The number of furan rings is 1. The zero-order valence-electron chi connectivity index (χ0n) is 14.5. The van der Waals surface area contributed by atoms with Crippen molar-refractivity contribution in [3.05, 3.63) is 42.4 Å². The molecule has 0 bridgehead atoms. The van der Waals surface area contributed by atoms with Gasteiger partial charge in [0.25, 0.3) is 5.91 Å². The van der Waals surface area contributed by atoms with Crippen molar-refractivity contribution in [2.75, 3.05) is 26.2 Å². The van der Waals surface area contributed by atoms with Crippen LogP contribution in [-0.2, 0) is 6.54 Å². The van der Waals surface area contributed by atoms with Crippen molar-refractivity contribution in [2.45, 2.75) is 26.4 Å². The highest BCUT2D eigenvalue weighted by atomic mass is 16.3. The fourth-order valence-corrected chi connectivity index (χ4v) is 2.88. The first kappa shape index (κ1) is 17.1. The molecule has 1 N–H and O–H groups in total. The number of urea groups is 1. The SMILES string of the molecule is Cc1ccc(C(=O)N2CCN(C(=O)N[C@H](C)Cn3ccnc3)CC2)o1. The number of aromatic nitrogens is 2. The molecule has 8 nitrogen and oxygen atoms in total. The van der Waals surface area contributed by atoms with E-state index in [2.05, 4.69) is 10.3 Å². The second-order valence-corrected chi connectivity index (χ2v) is 6.30. The summed E-state index contributed by atoms with van der Waals surface area (Å²) in [5.41, 5.74) is 0. The van der Waals surface area contributed by atoms with E-state index in [-0.39, 0.29) is 18.0 Å². The van der Waals surface area contributed by atoms with Crippen LogP contribution in [0, 0.1) is 6.92 Å². The molecule has 3 amide bonds. The minimum Gasteiger partial charge on any atom is -0.456 e. The van der Waals surface area contributed by atoms with Crippen LogP contribution >= 0.6 is 0 Å². The Balaban J connectivity index is 1.46. The fourth-order valence-electron chi connectivity index (χ4n) is 2.88. The summed E-state index contributed by atoms with van der Waals surface area (Å²) in [6, 6.07) is 3.36. The van der Waals surface area contributed by atoms with E-state index in [4.69, 9.17) is 4.42 Å². The predicted molar refractivity (Wildman–Crippen MR) is 91.1 cm³/mol.